The van der Waals surface area contributed by atoms with Gasteiger partial charge in [-0.1, -0.05) is 31.2 Å². The Morgan fingerprint density at radius 2 is 1.81 bits per heavy atom. The fourth-order valence-electron chi connectivity index (χ4n) is 3.97. The van der Waals surface area contributed by atoms with Crippen LogP contribution in [0.5, 0.6) is 5.75 Å². The van der Waals surface area contributed by atoms with Gasteiger partial charge in [-0.05, 0) is 35.6 Å². The molecular formula is C23H26FNO7. The molecule has 8 nitrogen and oxygen atoms in total. The van der Waals surface area contributed by atoms with Gasteiger partial charge in [0, 0.05) is 17.6 Å². The molecule has 0 radical (unpaired) electrons. The summed E-state index contributed by atoms with van der Waals surface area (Å²) in [6.45, 7) is 1.36. The molecule has 0 spiro atoms. The van der Waals surface area contributed by atoms with Crippen LogP contribution in [0.3, 0.4) is 0 Å². The lowest BCUT2D eigenvalue weighted by Gasteiger charge is -2.45. The van der Waals surface area contributed by atoms with Crippen molar-refractivity contribution in [2.75, 3.05) is 6.61 Å². The number of aliphatic hydroxyl groups is 5. The Morgan fingerprint density at radius 3 is 2.47 bits per heavy atom. The highest BCUT2D eigenvalue weighted by Gasteiger charge is 2.57. The van der Waals surface area contributed by atoms with E-state index in [0.29, 0.717) is 17.3 Å². The molecule has 2 heterocycles. The number of aromatic nitrogens is 1. The molecule has 9 heteroatoms. The Kier molecular flexibility index (Phi) is 6.22. The summed E-state index contributed by atoms with van der Waals surface area (Å²) in [5, 5.41) is 51.3. The third-order valence-corrected chi connectivity index (χ3v) is 5.85. The monoisotopic (exact) mass is 447 g/mol. The zero-order valence-electron chi connectivity index (χ0n) is 17.4. The summed E-state index contributed by atoms with van der Waals surface area (Å²) in [7, 11) is 0. The van der Waals surface area contributed by atoms with E-state index in [4.69, 9.17) is 9.47 Å². The highest BCUT2D eigenvalue weighted by atomic mass is 19.1. The van der Waals surface area contributed by atoms with E-state index in [9.17, 15) is 29.9 Å². The summed E-state index contributed by atoms with van der Waals surface area (Å²) in [4.78, 5) is 2.97. The predicted molar refractivity (Wildman–Crippen MR) is 112 cm³/mol. The first-order valence-corrected chi connectivity index (χ1v) is 10.4. The lowest BCUT2D eigenvalue weighted by atomic mass is 9.95. The summed E-state index contributed by atoms with van der Waals surface area (Å²) >= 11 is 0. The Morgan fingerprint density at radius 1 is 1.12 bits per heavy atom. The first kappa shape index (κ1) is 22.7. The van der Waals surface area contributed by atoms with Crippen molar-refractivity contribution in [3.05, 3.63) is 65.1 Å². The van der Waals surface area contributed by atoms with Gasteiger partial charge in [0.1, 0.15) is 23.8 Å². The van der Waals surface area contributed by atoms with Gasteiger partial charge in [-0.15, -0.1) is 0 Å². The Bertz CT molecular complexity index is 1090. The van der Waals surface area contributed by atoms with Crippen LogP contribution in [0.25, 0.3) is 10.9 Å². The Balaban J connectivity index is 1.71. The summed E-state index contributed by atoms with van der Waals surface area (Å²) in [5.74, 6) is -3.63. The van der Waals surface area contributed by atoms with E-state index in [1.165, 1.54) is 11.6 Å². The van der Waals surface area contributed by atoms with Crippen LogP contribution in [0.4, 0.5) is 4.39 Å². The number of rotatable bonds is 6. The van der Waals surface area contributed by atoms with E-state index in [0.717, 1.165) is 23.6 Å². The van der Waals surface area contributed by atoms with Gasteiger partial charge >= 0.3 is 0 Å². The molecule has 1 aromatic heterocycles. The molecular weight excluding hydrogens is 421 g/mol. The number of benzene rings is 2. The highest BCUT2D eigenvalue weighted by molar-refractivity contribution is 5.89. The van der Waals surface area contributed by atoms with Crippen LogP contribution < -0.4 is 4.74 Å². The lowest BCUT2D eigenvalue weighted by Crippen LogP contribution is -2.69. The number of hydrogen-bond acceptors (Lipinski definition) is 7. The molecule has 6 N–H and O–H groups in total. The molecule has 0 saturated carbocycles. The van der Waals surface area contributed by atoms with Crippen molar-refractivity contribution in [2.24, 2.45) is 0 Å². The third kappa shape index (κ3) is 3.99. The SMILES string of the molecule is CCc1ccc(Cc2c[nH]c3cc(F)cc(O[C@]4(O)[C@@H](O)O[C@H](CO)[C@@H](O)[C@@H]4O)c23)cc1. The van der Waals surface area contributed by atoms with Gasteiger partial charge in [-0.25, -0.2) is 4.39 Å². The minimum absolute atomic E-state index is 0.153. The molecule has 32 heavy (non-hydrogen) atoms. The number of hydrogen-bond donors (Lipinski definition) is 6. The Hall–Kier alpha value is -2.53. The van der Waals surface area contributed by atoms with Gasteiger partial charge in [0.25, 0.3) is 5.79 Å². The molecule has 2 aromatic carbocycles. The largest absolute Gasteiger partial charge is 0.453 e. The zero-order chi connectivity index (χ0) is 23.0. The van der Waals surface area contributed by atoms with Gasteiger partial charge in [-0.2, -0.15) is 0 Å². The molecule has 3 aromatic rings. The minimum Gasteiger partial charge on any atom is -0.453 e. The van der Waals surface area contributed by atoms with Crippen LogP contribution in [0, 0.1) is 5.82 Å². The van der Waals surface area contributed by atoms with Crippen LogP contribution >= 0.6 is 0 Å². The van der Waals surface area contributed by atoms with Gasteiger partial charge in [0.15, 0.2) is 6.10 Å². The number of aliphatic hydroxyl groups excluding tert-OH is 4. The first-order chi connectivity index (χ1) is 15.3. The maximum Gasteiger partial charge on any atom is 0.288 e. The van der Waals surface area contributed by atoms with E-state index in [-0.39, 0.29) is 5.75 Å². The van der Waals surface area contributed by atoms with Gasteiger partial charge in [0.05, 0.1) is 12.1 Å². The smallest absolute Gasteiger partial charge is 0.288 e. The van der Waals surface area contributed by atoms with Crippen molar-refractivity contribution in [3.63, 3.8) is 0 Å². The van der Waals surface area contributed by atoms with Gasteiger partial charge in [0.2, 0.25) is 6.29 Å². The number of ether oxygens (including phenoxy) is 2. The van der Waals surface area contributed by atoms with Crippen molar-refractivity contribution >= 4 is 10.9 Å². The number of H-pyrrole nitrogens is 1. The van der Waals surface area contributed by atoms with E-state index in [1.807, 2.05) is 24.3 Å². The van der Waals surface area contributed by atoms with Crippen molar-refractivity contribution in [1.29, 1.82) is 0 Å². The van der Waals surface area contributed by atoms with Crippen molar-refractivity contribution in [1.82, 2.24) is 4.98 Å². The molecule has 1 saturated heterocycles. The second kappa shape index (κ2) is 8.78. The molecule has 1 fully saturated rings. The molecule has 1 aliphatic rings. The molecule has 1 aliphatic heterocycles. The quantitative estimate of drug-likeness (QED) is 0.310. The molecule has 0 amide bonds. The van der Waals surface area contributed by atoms with E-state index in [1.54, 1.807) is 6.20 Å². The second-order valence-electron chi connectivity index (χ2n) is 7.99. The average molecular weight is 447 g/mol. The molecule has 5 atom stereocenters. The molecule has 4 rings (SSSR count). The van der Waals surface area contributed by atoms with Crippen LogP contribution in [0.1, 0.15) is 23.6 Å². The second-order valence-corrected chi connectivity index (χ2v) is 7.99. The van der Waals surface area contributed by atoms with Gasteiger partial charge < -0.3 is 40.0 Å². The lowest BCUT2D eigenvalue weighted by molar-refractivity contribution is -0.385. The summed E-state index contributed by atoms with van der Waals surface area (Å²) in [6.07, 6.45) is -4.15. The summed E-state index contributed by atoms with van der Waals surface area (Å²) < 4.78 is 24.8. The van der Waals surface area contributed by atoms with Crippen LogP contribution in [-0.4, -0.2) is 67.5 Å². The summed E-state index contributed by atoms with van der Waals surface area (Å²) in [5.41, 5.74) is 3.32. The first-order valence-electron chi connectivity index (χ1n) is 10.4. The average Bonchev–Trinajstić information content (AvgIpc) is 3.18. The minimum atomic E-state index is -2.80. The number of halogens is 1. The zero-order valence-corrected chi connectivity index (χ0v) is 17.4. The summed E-state index contributed by atoms with van der Waals surface area (Å²) in [6, 6.07) is 10.3. The van der Waals surface area contributed by atoms with Crippen LogP contribution in [0.2, 0.25) is 0 Å². The molecule has 0 unspecified atom stereocenters. The van der Waals surface area contributed by atoms with Crippen LogP contribution in [0.15, 0.2) is 42.6 Å². The normalized spacial score (nSPS) is 28.2. The number of nitrogens with one attached hydrogen (secondary N) is 1. The third-order valence-electron chi connectivity index (χ3n) is 5.85. The maximum atomic E-state index is 14.3. The predicted octanol–water partition coefficient (Wildman–Crippen LogP) is 0.959. The van der Waals surface area contributed by atoms with Crippen molar-refractivity contribution in [2.45, 2.75) is 50.2 Å². The maximum absolute atomic E-state index is 14.3. The molecule has 172 valence electrons. The Labute approximate surface area is 183 Å². The number of aromatic amines is 1. The highest BCUT2D eigenvalue weighted by Crippen LogP contribution is 2.37. The molecule has 0 bridgehead atoms. The fraction of sp³-hybridized carbons (Fsp3) is 0.391. The van der Waals surface area contributed by atoms with Gasteiger partial charge in [-0.3, -0.25) is 0 Å². The number of fused-ring (bicyclic) bond motifs is 1. The topological polar surface area (TPSA) is 135 Å². The standard InChI is InChI=1S/C23H26FNO7/c1-2-12-3-5-13(6-4-12)7-14-10-25-16-8-15(24)9-17(19(14)16)32-23(30)21(28)20(27)18(11-26)31-22(23)29/h3-6,8-10,18,20-22,25-30H,2,7,11H2,1H3/t18-,20-,21+,22+,23+/m1/s1. The molecule has 0 aliphatic carbocycles. The van der Waals surface area contributed by atoms with E-state index >= 15 is 0 Å². The van der Waals surface area contributed by atoms with Crippen molar-refractivity contribution < 1.29 is 39.4 Å². The van der Waals surface area contributed by atoms with Crippen molar-refractivity contribution in [3.8, 4) is 5.75 Å². The van der Waals surface area contributed by atoms with Crippen LogP contribution in [-0.2, 0) is 17.6 Å². The van der Waals surface area contributed by atoms with E-state index < -0.39 is 42.8 Å². The fourth-order valence-corrected chi connectivity index (χ4v) is 3.97. The van der Waals surface area contributed by atoms with E-state index in [2.05, 4.69) is 11.9 Å². The number of aryl methyl sites for hydroxylation is 1.